The average Bonchev–Trinajstić information content (AvgIpc) is 3.31. The lowest BCUT2D eigenvalue weighted by molar-refractivity contribution is -0.126. The van der Waals surface area contributed by atoms with E-state index in [0.717, 1.165) is 23.3 Å². The normalized spacial score (nSPS) is 21.5. The summed E-state index contributed by atoms with van der Waals surface area (Å²) < 4.78 is 5.88. The van der Waals surface area contributed by atoms with E-state index in [2.05, 4.69) is 22.3 Å². The van der Waals surface area contributed by atoms with Gasteiger partial charge in [0.2, 0.25) is 5.91 Å². The lowest BCUT2D eigenvalue weighted by Gasteiger charge is -2.24. The number of benzene rings is 2. The van der Waals surface area contributed by atoms with Gasteiger partial charge in [0.05, 0.1) is 12.1 Å². The highest BCUT2D eigenvalue weighted by atomic mass is 35.5. The van der Waals surface area contributed by atoms with Crippen molar-refractivity contribution in [2.75, 3.05) is 13.1 Å². The molecule has 0 spiro atoms. The molecule has 154 valence electrons. The van der Waals surface area contributed by atoms with Crippen molar-refractivity contribution in [1.82, 2.24) is 10.2 Å². The smallest absolute Gasteiger partial charge is 0.237 e. The molecular formula is C23H28ClN3O2. The highest BCUT2D eigenvalue weighted by Gasteiger charge is 2.36. The molecule has 1 amide bonds. The molecule has 1 aliphatic rings. The Morgan fingerprint density at radius 2 is 1.79 bits per heavy atom. The van der Waals surface area contributed by atoms with Gasteiger partial charge in [-0.25, -0.2) is 0 Å². The van der Waals surface area contributed by atoms with Crippen LogP contribution in [0.5, 0.6) is 0 Å². The molecule has 6 heteroatoms. The molecular weight excluding hydrogens is 386 g/mol. The van der Waals surface area contributed by atoms with Crippen molar-refractivity contribution in [2.24, 2.45) is 5.73 Å². The van der Waals surface area contributed by atoms with E-state index in [1.807, 2.05) is 62.4 Å². The van der Waals surface area contributed by atoms with Gasteiger partial charge in [-0.05, 0) is 31.5 Å². The number of para-hydroxylation sites is 1. The summed E-state index contributed by atoms with van der Waals surface area (Å²) in [6, 6.07) is 19.8. The Hall–Kier alpha value is -2.34. The van der Waals surface area contributed by atoms with E-state index in [4.69, 9.17) is 10.2 Å². The van der Waals surface area contributed by atoms with E-state index in [9.17, 15) is 4.79 Å². The Bertz CT molecular complexity index is 926. The minimum absolute atomic E-state index is 0. The maximum atomic E-state index is 12.8. The molecule has 0 saturated carbocycles. The Morgan fingerprint density at radius 1 is 1.10 bits per heavy atom. The van der Waals surface area contributed by atoms with Crippen molar-refractivity contribution in [2.45, 2.75) is 37.9 Å². The fourth-order valence-electron chi connectivity index (χ4n) is 4.02. The van der Waals surface area contributed by atoms with E-state index in [1.54, 1.807) is 0 Å². The van der Waals surface area contributed by atoms with Crippen LogP contribution in [0, 0.1) is 0 Å². The Labute approximate surface area is 177 Å². The van der Waals surface area contributed by atoms with Crippen LogP contribution in [0.4, 0.5) is 0 Å². The van der Waals surface area contributed by atoms with Crippen LogP contribution in [0.1, 0.15) is 37.1 Å². The van der Waals surface area contributed by atoms with E-state index in [1.165, 1.54) is 5.56 Å². The van der Waals surface area contributed by atoms with Crippen molar-refractivity contribution in [1.29, 1.82) is 0 Å². The number of fused-ring (bicyclic) bond motifs is 1. The molecule has 29 heavy (non-hydrogen) atoms. The molecule has 2 heterocycles. The zero-order valence-electron chi connectivity index (χ0n) is 16.7. The summed E-state index contributed by atoms with van der Waals surface area (Å²) in [5.41, 5.74) is 8.46. The van der Waals surface area contributed by atoms with Crippen molar-refractivity contribution in [3.8, 4) is 0 Å². The number of likely N-dealkylation sites (tertiary alicyclic amines) is 1. The number of nitrogens with one attached hydrogen (secondary N) is 1. The number of carbonyl (C=O) groups excluding carboxylic acids is 1. The van der Waals surface area contributed by atoms with Gasteiger partial charge in [0.25, 0.3) is 0 Å². The van der Waals surface area contributed by atoms with Gasteiger partial charge in [0, 0.05) is 30.4 Å². The SMILES string of the molecule is CC(NC(=O)C(C)N1C[C@@H](N)[C@H](c2ccccc2)C1)c1cc2ccccc2o1.Cl. The molecule has 1 aliphatic heterocycles. The molecule has 0 bridgehead atoms. The highest BCUT2D eigenvalue weighted by Crippen LogP contribution is 2.28. The number of carbonyl (C=O) groups is 1. The van der Waals surface area contributed by atoms with E-state index in [-0.39, 0.29) is 42.4 Å². The first kappa shape index (κ1) is 21.4. The van der Waals surface area contributed by atoms with E-state index < -0.39 is 0 Å². The number of halogens is 1. The monoisotopic (exact) mass is 413 g/mol. The Morgan fingerprint density at radius 3 is 2.52 bits per heavy atom. The Kier molecular flexibility index (Phi) is 6.63. The number of hydrogen-bond acceptors (Lipinski definition) is 4. The second kappa shape index (κ2) is 8.99. The first-order chi connectivity index (χ1) is 13.5. The van der Waals surface area contributed by atoms with Gasteiger partial charge in [0.1, 0.15) is 11.3 Å². The van der Waals surface area contributed by atoms with Crippen molar-refractivity contribution >= 4 is 29.3 Å². The molecule has 1 fully saturated rings. The molecule has 5 nitrogen and oxygen atoms in total. The van der Waals surface area contributed by atoms with Crippen molar-refractivity contribution in [3.05, 3.63) is 72.0 Å². The third kappa shape index (κ3) is 4.47. The number of rotatable bonds is 5. The minimum Gasteiger partial charge on any atom is -0.459 e. The molecule has 0 aliphatic carbocycles. The maximum absolute atomic E-state index is 12.8. The quantitative estimate of drug-likeness (QED) is 0.666. The van der Waals surface area contributed by atoms with Gasteiger partial charge in [-0.3, -0.25) is 9.69 Å². The van der Waals surface area contributed by atoms with Gasteiger partial charge in [0.15, 0.2) is 0 Å². The lowest BCUT2D eigenvalue weighted by atomic mass is 9.95. The zero-order valence-corrected chi connectivity index (χ0v) is 17.6. The summed E-state index contributed by atoms with van der Waals surface area (Å²) in [6.07, 6.45) is 0. The average molecular weight is 414 g/mol. The van der Waals surface area contributed by atoms with Gasteiger partial charge in [-0.15, -0.1) is 12.4 Å². The van der Waals surface area contributed by atoms with E-state index >= 15 is 0 Å². The topological polar surface area (TPSA) is 71.5 Å². The molecule has 0 radical (unpaired) electrons. The summed E-state index contributed by atoms with van der Waals surface area (Å²) in [5.74, 6) is 1.01. The van der Waals surface area contributed by atoms with Crippen LogP contribution in [0.2, 0.25) is 0 Å². The summed E-state index contributed by atoms with van der Waals surface area (Å²) in [4.78, 5) is 15.0. The predicted molar refractivity (Wildman–Crippen MR) is 118 cm³/mol. The van der Waals surface area contributed by atoms with Crippen LogP contribution in [-0.2, 0) is 4.79 Å². The van der Waals surface area contributed by atoms with Gasteiger partial charge >= 0.3 is 0 Å². The molecule has 1 aromatic heterocycles. The second-order valence-corrected chi connectivity index (χ2v) is 7.73. The Balaban J connectivity index is 0.00000240. The minimum atomic E-state index is -0.244. The number of nitrogens with zero attached hydrogens (tertiary/aromatic N) is 1. The summed E-state index contributed by atoms with van der Waals surface area (Å²) >= 11 is 0. The third-order valence-electron chi connectivity index (χ3n) is 5.78. The molecule has 4 atom stereocenters. The molecule has 3 aromatic rings. The third-order valence-corrected chi connectivity index (χ3v) is 5.78. The number of furan rings is 1. The molecule has 4 rings (SSSR count). The number of nitrogens with two attached hydrogens (primary N) is 1. The van der Waals surface area contributed by atoms with Crippen LogP contribution in [0.15, 0.2) is 65.1 Å². The standard InChI is InChI=1S/C23H27N3O2.ClH/c1-15(22-12-18-10-6-7-11-21(18)28-22)25-23(27)16(2)26-13-19(20(24)14-26)17-8-4-3-5-9-17;/h3-12,15-16,19-20H,13-14,24H2,1-2H3,(H,25,27);1H/t15?,16?,19-,20+;/m0./s1. The van der Waals surface area contributed by atoms with Crippen LogP contribution < -0.4 is 11.1 Å². The first-order valence-electron chi connectivity index (χ1n) is 9.86. The van der Waals surface area contributed by atoms with Crippen molar-refractivity contribution < 1.29 is 9.21 Å². The fourth-order valence-corrected chi connectivity index (χ4v) is 4.02. The molecule has 1 saturated heterocycles. The molecule has 3 N–H and O–H groups in total. The summed E-state index contributed by atoms with van der Waals surface area (Å²) in [5, 5.41) is 4.13. The van der Waals surface area contributed by atoms with E-state index in [0.29, 0.717) is 6.54 Å². The van der Waals surface area contributed by atoms with Crippen LogP contribution in [-0.4, -0.2) is 36.0 Å². The van der Waals surface area contributed by atoms with Crippen LogP contribution in [0.3, 0.4) is 0 Å². The second-order valence-electron chi connectivity index (χ2n) is 7.73. The van der Waals surface area contributed by atoms with Crippen molar-refractivity contribution in [3.63, 3.8) is 0 Å². The van der Waals surface area contributed by atoms with Gasteiger partial charge in [-0.2, -0.15) is 0 Å². The summed E-state index contributed by atoms with van der Waals surface area (Å²) in [7, 11) is 0. The largest absolute Gasteiger partial charge is 0.459 e. The van der Waals surface area contributed by atoms with Crippen LogP contribution in [0.25, 0.3) is 11.0 Å². The fraction of sp³-hybridized carbons (Fsp3) is 0.348. The highest BCUT2D eigenvalue weighted by molar-refractivity contribution is 5.85. The lowest BCUT2D eigenvalue weighted by Crippen LogP contribution is -2.45. The van der Waals surface area contributed by atoms with Crippen LogP contribution >= 0.6 is 12.4 Å². The molecule has 2 aromatic carbocycles. The number of hydrogen-bond donors (Lipinski definition) is 2. The number of amides is 1. The van der Waals surface area contributed by atoms with Gasteiger partial charge in [-0.1, -0.05) is 48.5 Å². The zero-order chi connectivity index (χ0) is 19.7. The maximum Gasteiger partial charge on any atom is 0.237 e. The van der Waals surface area contributed by atoms with Gasteiger partial charge < -0.3 is 15.5 Å². The predicted octanol–water partition coefficient (Wildman–Crippen LogP) is 3.85. The molecule has 2 unspecified atom stereocenters. The first-order valence-corrected chi connectivity index (χ1v) is 9.86. The summed E-state index contributed by atoms with van der Waals surface area (Å²) in [6.45, 7) is 5.40.